The van der Waals surface area contributed by atoms with Crippen LogP contribution in [0.15, 0.2) is 84.9 Å². The molecule has 8 heteroatoms. The summed E-state index contributed by atoms with van der Waals surface area (Å²) in [7, 11) is 0. The van der Waals surface area contributed by atoms with E-state index in [4.69, 9.17) is 19.9 Å². The smallest absolute Gasteiger partial charge is 0.184 e. The molecule has 0 aromatic heterocycles. The number of hydrogen-bond donors (Lipinski definition) is 4. The van der Waals surface area contributed by atoms with Crippen molar-refractivity contribution in [2.45, 2.75) is 62.8 Å². The van der Waals surface area contributed by atoms with Gasteiger partial charge in [-0.1, -0.05) is 72.8 Å². The molecule has 8 nitrogen and oxygen atoms in total. The topological polar surface area (TPSA) is 118 Å². The van der Waals surface area contributed by atoms with Gasteiger partial charge >= 0.3 is 0 Å². The molecule has 1 heterocycles. The van der Waals surface area contributed by atoms with Gasteiger partial charge in [0.05, 0.1) is 12.7 Å². The Morgan fingerprint density at radius 3 is 2.21 bits per heavy atom. The van der Waals surface area contributed by atoms with E-state index in [1.807, 2.05) is 60.7 Å². The van der Waals surface area contributed by atoms with Crippen LogP contribution in [0.4, 0.5) is 0 Å². The molecular weight excluding hydrogens is 532 g/mol. The highest BCUT2D eigenvalue weighted by Crippen LogP contribution is 2.28. The zero-order chi connectivity index (χ0) is 29.6. The van der Waals surface area contributed by atoms with Crippen molar-refractivity contribution in [3.8, 4) is 5.75 Å². The van der Waals surface area contributed by atoms with E-state index >= 15 is 0 Å². The molecular formula is C34H46N2O6. The lowest BCUT2D eigenvalue weighted by Gasteiger charge is -2.38. The van der Waals surface area contributed by atoms with Crippen molar-refractivity contribution >= 4 is 0 Å². The van der Waals surface area contributed by atoms with Crippen LogP contribution >= 0.6 is 0 Å². The number of rotatable bonds is 17. The summed E-state index contributed by atoms with van der Waals surface area (Å²) in [5.41, 5.74) is 8.91. The van der Waals surface area contributed by atoms with Crippen LogP contribution in [0.5, 0.6) is 5.75 Å². The van der Waals surface area contributed by atoms with Gasteiger partial charge < -0.3 is 35.3 Å². The minimum atomic E-state index is -1.29. The lowest BCUT2D eigenvalue weighted by atomic mass is 10.0. The number of aliphatic hydroxyl groups is 3. The second-order valence-corrected chi connectivity index (χ2v) is 10.9. The maximum Gasteiger partial charge on any atom is 0.184 e. The fourth-order valence-corrected chi connectivity index (χ4v) is 5.20. The summed E-state index contributed by atoms with van der Waals surface area (Å²) in [6.07, 6.45) is -0.290. The molecule has 0 bridgehead atoms. The number of nitrogens with two attached hydrogens (primary N) is 1. The van der Waals surface area contributed by atoms with Crippen LogP contribution in [0.25, 0.3) is 0 Å². The van der Waals surface area contributed by atoms with Crippen molar-refractivity contribution < 1.29 is 29.5 Å². The normalized spacial score (nSPS) is 20.4. The van der Waals surface area contributed by atoms with Crippen molar-refractivity contribution in [2.24, 2.45) is 5.73 Å². The van der Waals surface area contributed by atoms with E-state index in [-0.39, 0.29) is 13.2 Å². The van der Waals surface area contributed by atoms with Gasteiger partial charge in [-0.15, -0.1) is 0 Å². The summed E-state index contributed by atoms with van der Waals surface area (Å²) < 4.78 is 17.6. The SMILES string of the molecule is NCCCCc1ccc(OCCN(CCCc2ccccc2)C[C@H](O)[C@@H](O)[C@@H]2OC(c3ccccc3)OC[C@H]2O)cc1. The highest BCUT2D eigenvalue weighted by molar-refractivity contribution is 5.27. The van der Waals surface area contributed by atoms with Crippen LogP contribution in [0, 0.1) is 0 Å². The number of aryl methyl sites for hydroxylation is 2. The molecule has 1 saturated heterocycles. The van der Waals surface area contributed by atoms with Crippen molar-refractivity contribution in [2.75, 3.05) is 39.4 Å². The first-order chi connectivity index (χ1) is 20.5. The quantitative estimate of drug-likeness (QED) is 0.180. The third-order valence-corrected chi connectivity index (χ3v) is 7.63. The average molecular weight is 579 g/mol. The molecule has 228 valence electrons. The summed E-state index contributed by atoms with van der Waals surface area (Å²) in [6, 6.07) is 27.8. The highest BCUT2D eigenvalue weighted by atomic mass is 16.7. The van der Waals surface area contributed by atoms with E-state index in [1.54, 1.807) is 0 Å². The van der Waals surface area contributed by atoms with E-state index < -0.39 is 30.7 Å². The van der Waals surface area contributed by atoms with Crippen LogP contribution < -0.4 is 10.5 Å². The Hall–Kier alpha value is -2.82. The summed E-state index contributed by atoms with van der Waals surface area (Å²) in [6.45, 7) is 2.66. The zero-order valence-corrected chi connectivity index (χ0v) is 24.3. The van der Waals surface area contributed by atoms with Crippen LogP contribution in [-0.4, -0.2) is 84.0 Å². The van der Waals surface area contributed by atoms with E-state index in [0.29, 0.717) is 26.2 Å². The van der Waals surface area contributed by atoms with Gasteiger partial charge in [-0.2, -0.15) is 0 Å². The molecule has 0 spiro atoms. The van der Waals surface area contributed by atoms with Crippen molar-refractivity contribution in [3.63, 3.8) is 0 Å². The first kappa shape index (κ1) is 32.1. The Bertz CT molecular complexity index is 1130. The van der Waals surface area contributed by atoms with E-state index in [9.17, 15) is 15.3 Å². The van der Waals surface area contributed by atoms with Gasteiger partial charge in [0.2, 0.25) is 0 Å². The van der Waals surface area contributed by atoms with Gasteiger partial charge in [0, 0.05) is 18.7 Å². The lowest BCUT2D eigenvalue weighted by molar-refractivity contribution is -0.283. The van der Waals surface area contributed by atoms with Gasteiger partial charge in [0.1, 0.15) is 30.7 Å². The van der Waals surface area contributed by atoms with Crippen LogP contribution in [0.1, 0.15) is 42.2 Å². The van der Waals surface area contributed by atoms with Gasteiger partial charge in [0.25, 0.3) is 0 Å². The summed E-state index contributed by atoms with van der Waals surface area (Å²) >= 11 is 0. The fraction of sp³-hybridized carbons (Fsp3) is 0.471. The van der Waals surface area contributed by atoms with Gasteiger partial charge in [-0.25, -0.2) is 0 Å². The predicted molar refractivity (Wildman–Crippen MR) is 163 cm³/mol. The predicted octanol–water partition coefficient (Wildman–Crippen LogP) is 3.48. The first-order valence-electron chi connectivity index (χ1n) is 15.1. The number of hydrogen-bond acceptors (Lipinski definition) is 8. The molecule has 42 heavy (non-hydrogen) atoms. The first-order valence-corrected chi connectivity index (χ1v) is 15.1. The molecule has 5 atom stereocenters. The monoisotopic (exact) mass is 578 g/mol. The van der Waals surface area contributed by atoms with E-state index in [2.05, 4.69) is 29.2 Å². The second-order valence-electron chi connectivity index (χ2n) is 10.9. The number of unbranched alkanes of at least 4 members (excludes halogenated alkanes) is 1. The summed E-state index contributed by atoms with van der Waals surface area (Å²) in [5, 5.41) is 32.7. The van der Waals surface area contributed by atoms with Gasteiger partial charge in [-0.3, -0.25) is 4.90 Å². The van der Waals surface area contributed by atoms with E-state index in [1.165, 1.54) is 11.1 Å². The van der Waals surface area contributed by atoms with Gasteiger partial charge in [0.15, 0.2) is 6.29 Å². The lowest BCUT2D eigenvalue weighted by Crippen LogP contribution is -2.54. The average Bonchev–Trinajstić information content (AvgIpc) is 3.02. The standard InChI is InChI=1S/C34H46N2O6/c35-20-8-7-12-27-16-18-29(19-17-27)40-23-22-36(21-9-13-26-10-3-1-4-11-26)24-30(37)32(39)33-31(38)25-41-34(42-33)28-14-5-2-6-15-28/h1-6,10-11,14-19,30-34,37-39H,7-9,12-13,20-25,35H2/t30-,31+,32+,33+,34?/m0/s1. The third kappa shape index (κ3) is 10.2. The molecule has 0 saturated carbocycles. The molecule has 5 N–H and O–H groups in total. The fourth-order valence-electron chi connectivity index (χ4n) is 5.20. The van der Waals surface area contributed by atoms with Crippen LogP contribution in [-0.2, 0) is 22.3 Å². The molecule has 3 aromatic rings. The Balaban J connectivity index is 1.32. The Morgan fingerprint density at radius 2 is 1.50 bits per heavy atom. The number of ether oxygens (including phenoxy) is 3. The second kappa shape index (κ2) is 17.3. The molecule has 4 rings (SSSR count). The maximum atomic E-state index is 11.1. The zero-order valence-electron chi connectivity index (χ0n) is 24.3. The van der Waals surface area contributed by atoms with E-state index in [0.717, 1.165) is 43.4 Å². The highest BCUT2D eigenvalue weighted by Gasteiger charge is 2.39. The molecule has 1 aliphatic rings. The number of aliphatic hydroxyl groups excluding tert-OH is 3. The third-order valence-electron chi connectivity index (χ3n) is 7.63. The molecule has 1 aliphatic heterocycles. The molecule has 1 unspecified atom stereocenters. The number of benzene rings is 3. The van der Waals surface area contributed by atoms with Crippen molar-refractivity contribution in [3.05, 3.63) is 102 Å². The molecule has 0 amide bonds. The largest absolute Gasteiger partial charge is 0.492 e. The Labute approximate surface area is 249 Å². The Morgan fingerprint density at radius 1 is 0.833 bits per heavy atom. The van der Waals surface area contributed by atoms with Crippen LogP contribution in [0.3, 0.4) is 0 Å². The number of nitrogens with zero attached hydrogens (tertiary/aromatic N) is 1. The van der Waals surface area contributed by atoms with Crippen molar-refractivity contribution in [1.29, 1.82) is 0 Å². The minimum absolute atomic E-state index is 0.00838. The molecule has 0 radical (unpaired) electrons. The Kier molecular flexibility index (Phi) is 13.2. The summed E-state index contributed by atoms with van der Waals surface area (Å²) in [4.78, 5) is 2.10. The van der Waals surface area contributed by atoms with Gasteiger partial charge in [-0.05, 0) is 68.5 Å². The molecule has 1 fully saturated rings. The summed E-state index contributed by atoms with van der Waals surface area (Å²) in [5.74, 6) is 0.799. The minimum Gasteiger partial charge on any atom is -0.492 e. The van der Waals surface area contributed by atoms with Crippen molar-refractivity contribution in [1.82, 2.24) is 4.90 Å². The maximum absolute atomic E-state index is 11.1. The van der Waals surface area contributed by atoms with Crippen LogP contribution in [0.2, 0.25) is 0 Å². The molecule has 0 aliphatic carbocycles. The molecule has 3 aromatic carbocycles.